The maximum Gasteiger partial charge on any atom is 0.310 e. The van der Waals surface area contributed by atoms with E-state index >= 15 is 0 Å². The molecule has 0 aliphatic heterocycles. The number of carbonyl (C=O) groups is 1. The molecule has 0 spiro atoms. The second-order valence-electron chi connectivity index (χ2n) is 3.66. The van der Waals surface area contributed by atoms with Gasteiger partial charge in [-0.05, 0) is 37.0 Å². The number of carboxylic acid groups (broad SMARTS) is 1. The zero-order valence-electron chi connectivity index (χ0n) is 8.90. The Hall–Kier alpha value is -0.870. The molecule has 1 rings (SSSR count). The Bertz CT molecular complexity index is 335. The van der Waals surface area contributed by atoms with E-state index < -0.39 is 11.9 Å². The van der Waals surface area contributed by atoms with Crippen LogP contribution in [0.2, 0.25) is 0 Å². The maximum absolute atomic E-state index is 11.1. The van der Waals surface area contributed by atoms with Crippen LogP contribution in [0.25, 0.3) is 0 Å². The molecule has 0 aliphatic rings. The number of rotatable bonds is 6. The van der Waals surface area contributed by atoms with Crippen LogP contribution >= 0.6 is 15.9 Å². The van der Waals surface area contributed by atoms with Crippen LogP contribution in [-0.2, 0) is 4.79 Å². The van der Waals surface area contributed by atoms with Crippen LogP contribution < -0.4 is 0 Å². The van der Waals surface area contributed by atoms with E-state index in [9.17, 15) is 4.79 Å². The molecule has 0 bridgehead atoms. The van der Waals surface area contributed by atoms with Crippen LogP contribution in [0.5, 0.6) is 0 Å². The van der Waals surface area contributed by atoms with Crippen molar-refractivity contribution >= 4 is 21.9 Å². The molecular weight excluding hydrogens is 272 g/mol. The highest BCUT2D eigenvalue weighted by Crippen LogP contribution is 2.24. The minimum absolute atomic E-state index is 0.118. The third-order valence-electron chi connectivity index (χ3n) is 2.47. The first-order chi connectivity index (χ1) is 7.65. The van der Waals surface area contributed by atoms with E-state index in [1.54, 1.807) is 0 Å². The third-order valence-corrected chi connectivity index (χ3v) is 3.00. The van der Waals surface area contributed by atoms with Crippen molar-refractivity contribution in [2.75, 3.05) is 6.61 Å². The Balaban J connectivity index is 2.69. The summed E-state index contributed by atoms with van der Waals surface area (Å²) in [5, 5.41) is 17.8. The zero-order chi connectivity index (χ0) is 12.0. The lowest BCUT2D eigenvalue weighted by atomic mass is 9.94. The Labute approximate surface area is 103 Å². The van der Waals surface area contributed by atoms with Gasteiger partial charge in [-0.15, -0.1) is 0 Å². The van der Waals surface area contributed by atoms with Crippen molar-refractivity contribution in [1.29, 1.82) is 0 Å². The van der Waals surface area contributed by atoms with Crippen LogP contribution in [0.1, 0.15) is 30.7 Å². The van der Waals surface area contributed by atoms with Gasteiger partial charge in [0.2, 0.25) is 0 Å². The van der Waals surface area contributed by atoms with Crippen molar-refractivity contribution in [1.82, 2.24) is 0 Å². The Morgan fingerprint density at radius 3 is 2.38 bits per heavy atom. The number of halogens is 1. The van der Waals surface area contributed by atoms with Gasteiger partial charge in [0, 0.05) is 11.1 Å². The molecule has 0 fully saturated rings. The molecule has 1 aromatic rings. The topological polar surface area (TPSA) is 57.5 Å². The van der Waals surface area contributed by atoms with Gasteiger partial charge in [0.15, 0.2) is 0 Å². The van der Waals surface area contributed by atoms with Gasteiger partial charge in [-0.3, -0.25) is 4.79 Å². The molecule has 0 amide bonds. The normalized spacial score (nSPS) is 12.4. The molecule has 1 atom stereocenters. The number of carboxylic acids is 1. The fourth-order valence-corrected chi connectivity index (χ4v) is 1.85. The lowest BCUT2D eigenvalue weighted by Gasteiger charge is -2.12. The van der Waals surface area contributed by atoms with Gasteiger partial charge in [0.05, 0.1) is 5.92 Å². The van der Waals surface area contributed by atoms with Gasteiger partial charge in [0.25, 0.3) is 0 Å². The number of hydrogen-bond donors (Lipinski definition) is 2. The molecular formula is C12H15BrO3. The summed E-state index contributed by atoms with van der Waals surface area (Å²) in [7, 11) is 0. The molecule has 0 aliphatic carbocycles. The van der Waals surface area contributed by atoms with E-state index in [1.807, 2.05) is 24.3 Å². The van der Waals surface area contributed by atoms with Crippen molar-refractivity contribution in [3.8, 4) is 0 Å². The molecule has 88 valence electrons. The number of aliphatic carboxylic acids is 1. The predicted molar refractivity (Wildman–Crippen MR) is 65.5 cm³/mol. The highest BCUT2D eigenvalue weighted by Gasteiger charge is 2.18. The first kappa shape index (κ1) is 13.2. The smallest absolute Gasteiger partial charge is 0.310 e. The van der Waals surface area contributed by atoms with E-state index in [2.05, 4.69) is 15.9 Å². The monoisotopic (exact) mass is 286 g/mol. The fraction of sp³-hybridized carbons (Fsp3) is 0.417. The van der Waals surface area contributed by atoms with E-state index in [0.29, 0.717) is 12.8 Å². The quantitative estimate of drug-likeness (QED) is 0.791. The van der Waals surface area contributed by atoms with Crippen LogP contribution in [0.4, 0.5) is 0 Å². The summed E-state index contributed by atoms with van der Waals surface area (Å²) in [5.74, 6) is -1.28. The lowest BCUT2D eigenvalue weighted by Crippen LogP contribution is -2.11. The standard InChI is InChI=1S/C12H15BrO3/c13-10-6-4-9(5-7-10)11(12(15)16)3-1-2-8-14/h4-7,11,14H,1-3,8H2,(H,15,16). The van der Waals surface area contributed by atoms with Gasteiger partial charge in [-0.1, -0.05) is 28.1 Å². The summed E-state index contributed by atoms with van der Waals surface area (Å²) in [5.41, 5.74) is 0.814. The zero-order valence-corrected chi connectivity index (χ0v) is 10.5. The lowest BCUT2D eigenvalue weighted by molar-refractivity contribution is -0.139. The Morgan fingerprint density at radius 2 is 1.88 bits per heavy atom. The van der Waals surface area contributed by atoms with Crippen molar-refractivity contribution in [2.24, 2.45) is 0 Å². The van der Waals surface area contributed by atoms with Crippen LogP contribution in [-0.4, -0.2) is 22.8 Å². The maximum atomic E-state index is 11.1. The summed E-state index contributed by atoms with van der Waals surface area (Å²) in [6.07, 6.45) is 1.95. The number of hydrogen-bond acceptors (Lipinski definition) is 2. The third kappa shape index (κ3) is 3.94. The average molecular weight is 287 g/mol. The van der Waals surface area contributed by atoms with Crippen molar-refractivity contribution in [2.45, 2.75) is 25.2 Å². The average Bonchev–Trinajstić information content (AvgIpc) is 2.26. The molecule has 1 unspecified atom stereocenters. The molecule has 2 N–H and O–H groups in total. The predicted octanol–water partition coefficient (Wildman–Crippen LogP) is 2.78. The first-order valence-electron chi connectivity index (χ1n) is 5.24. The highest BCUT2D eigenvalue weighted by molar-refractivity contribution is 9.10. The molecule has 0 saturated carbocycles. The summed E-state index contributed by atoms with van der Waals surface area (Å²) < 4.78 is 0.941. The van der Waals surface area contributed by atoms with Gasteiger partial charge < -0.3 is 10.2 Å². The molecule has 4 heteroatoms. The largest absolute Gasteiger partial charge is 0.481 e. The first-order valence-corrected chi connectivity index (χ1v) is 6.03. The number of benzene rings is 1. The SMILES string of the molecule is O=C(O)C(CCCCO)c1ccc(Br)cc1. The molecule has 3 nitrogen and oxygen atoms in total. The van der Waals surface area contributed by atoms with Gasteiger partial charge in [-0.2, -0.15) is 0 Å². The minimum Gasteiger partial charge on any atom is -0.481 e. The second-order valence-corrected chi connectivity index (χ2v) is 4.58. The Morgan fingerprint density at radius 1 is 1.25 bits per heavy atom. The summed E-state index contributed by atoms with van der Waals surface area (Å²) in [6.45, 7) is 0.118. The Kier molecular flexibility index (Phi) is 5.49. The summed E-state index contributed by atoms with van der Waals surface area (Å²) >= 11 is 3.31. The van der Waals surface area contributed by atoms with Crippen LogP contribution in [0.3, 0.4) is 0 Å². The molecule has 0 aromatic heterocycles. The molecule has 0 heterocycles. The van der Waals surface area contributed by atoms with Crippen LogP contribution in [0, 0.1) is 0 Å². The molecule has 0 radical (unpaired) electrons. The molecule has 16 heavy (non-hydrogen) atoms. The number of aliphatic hydroxyl groups is 1. The van der Waals surface area contributed by atoms with E-state index in [-0.39, 0.29) is 6.61 Å². The highest BCUT2D eigenvalue weighted by atomic mass is 79.9. The van der Waals surface area contributed by atoms with Crippen LogP contribution in [0.15, 0.2) is 28.7 Å². The van der Waals surface area contributed by atoms with Crippen molar-refractivity contribution in [3.63, 3.8) is 0 Å². The van der Waals surface area contributed by atoms with Gasteiger partial charge in [0.1, 0.15) is 0 Å². The minimum atomic E-state index is -0.805. The van der Waals surface area contributed by atoms with E-state index in [4.69, 9.17) is 10.2 Å². The van der Waals surface area contributed by atoms with Crippen molar-refractivity contribution in [3.05, 3.63) is 34.3 Å². The van der Waals surface area contributed by atoms with Crippen molar-refractivity contribution < 1.29 is 15.0 Å². The van der Waals surface area contributed by atoms with Gasteiger partial charge >= 0.3 is 5.97 Å². The van der Waals surface area contributed by atoms with E-state index in [0.717, 1.165) is 16.5 Å². The number of unbranched alkanes of at least 4 members (excludes halogenated alkanes) is 1. The summed E-state index contributed by atoms with van der Waals surface area (Å²) in [4.78, 5) is 11.1. The fourth-order valence-electron chi connectivity index (χ4n) is 1.59. The molecule has 1 aromatic carbocycles. The number of aliphatic hydroxyl groups excluding tert-OH is 1. The molecule has 0 saturated heterocycles. The second kappa shape index (κ2) is 6.66. The van der Waals surface area contributed by atoms with Gasteiger partial charge in [-0.25, -0.2) is 0 Å². The van der Waals surface area contributed by atoms with E-state index in [1.165, 1.54) is 0 Å². The summed E-state index contributed by atoms with van der Waals surface area (Å²) in [6, 6.07) is 7.33.